The normalized spacial score (nSPS) is 12.7. The van der Waals surface area contributed by atoms with E-state index in [1.807, 2.05) is 54.6 Å². The van der Waals surface area contributed by atoms with E-state index in [0.717, 1.165) is 49.3 Å². The minimum absolute atomic E-state index is 0.362. The van der Waals surface area contributed by atoms with Crippen molar-refractivity contribution in [3.05, 3.63) is 150 Å². The number of anilines is 1. The monoisotopic (exact) mass is 603 g/mol. The van der Waals surface area contributed by atoms with Gasteiger partial charge >= 0.3 is 0 Å². The zero-order chi connectivity index (χ0) is 31.8. The smallest absolute Gasteiger partial charge is 0.266 e. The fraction of sp³-hybridized carbons (Fsp3) is 0. The molecule has 1 aliphatic heterocycles. The Hall–Kier alpha value is -6.96. The Morgan fingerprint density at radius 3 is 1.62 bits per heavy atom. The van der Waals surface area contributed by atoms with Gasteiger partial charge in [0.25, 0.3) is 11.8 Å². The highest BCUT2D eigenvalue weighted by molar-refractivity contribution is 6.34. The summed E-state index contributed by atoms with van der Waals surface area (Å²) in [5, 5.41) is 23.9. The first-order valence-corrected chi connectivity index (χ1v) is 15.1. The number of aromatic nitrogens is 2. The quantitative estimate of drug-likeness (QED) is 0.189. The summed E-state index contributed by atoms with van der Waals surface area (Å²) in [6.45, 7) is 0. The molecule has 2 aromatic heterocycles. The van der Waals surface area contributed by atoms with Crippen molar-refractivity contribution >= 4 is 61.1 Å². The second-order valence-corrected chi connectivity index (χ2v) is 11.5. The van der Waals surface area contributed by atoms with Gasteiger partial charge in [-0.1, -0.05) is 48.5 Å². The summed E-state index contributed by atoms with van der Waals surface area (Å²) in [6.07, 6.45) is 0. The Morgan fingerprint density at radius 2 is 1.02 bits per heavy atom. The zero-order valence-corrected chi connectivity index (χ0v) is 24.7. The molecule has 0 N–H and O–H groups in total. The molecule has 0 atom stereocenters. The van der Waals surface area contributed by atoms with Crippen molar-refractivity contribution in [1.82, 2.24) is 9.13 Å². The van der Waals surface area contributed by atoms with Gasteiger partial charge in [-0.3, -0.25) is 9.59 Å². The van der Waals surface area contributed by atoms with Crippen molar-refractivity contribution in [3.8, 4) is 23.5 Å². The first-order chi connectivity index (χ1) is 23.1. The molecule has 9 rings (SSSR count). The van der Waals surface area contributed by atoms with Gasteiger partial charge in [0.2, 0.25) is 0 Å². The Labute approximate surface area is 267 Å². The van der Waals surface area contributed by atoms with Crippen LogP contribution in [0.1, 0.15) is 31.8 Å². The zero-order valence-electron chi connectivity index (χ0n) is 24.7. The number of rotatable bonds is 3. The Balaban J connectivity index is 1.35. The average molecular weight is 604 g/mol. The van der Waals surface area contributed by atoms with E-state index in [0.29, 0.717) is 33.6 Å². The van der Waals surface area contributed by atoms with Gasteiger partial charge in [-0.2, -0.15) is 10.5 Å². The lowest BCUT2D eigenvalue weighted by atomic mass is 10.1. The van der Waals surface area contributed by atoms with Crippen LogP contribution in [0, 0.1) is 22.7 Å². The maximum atomic E-state index is 13.4. The van der Waals surface area contributed by atoms with Crippen LogP contribution in [0.2, 0.25) is 0 Å². The molecule has 0 bridgehead atoms. The molecule has 2 amide bonds. The topological polar surface area (TPSA) is 94.8 Å². The number of nitriles is 2. The second kappa shape index (κ2) is 9.77. The summed E-state index contributed by atoms with van der Waals surface area (Å²) >= 11 is 0. The van der Waals surface area contributed by atoms with Gasteiger partial charge in [0.15, 0.2) is 0 Å². The molecule has 0 unspecified atom stereocenters. The minimum Gasteiger partial charge on any atom is -0.309 e. The van der Waals surface area contributed by atoms with Crippen LogP contribution in [0.5, 0.6) is 0 Å². The summed E-state index contributed by atoms with van der Waals surface area (Å²) in [7, 11) is 0. The highest BCUT2D eigenvalue weighted by atomic mass is 16.2. The molecule has 7 nitrogen and oxygen atoms in total. The van der Waals surface area contributed by atoms with Gasteiger partial charge in [-0.15, -0.1) is 0 Å². The number of benzene rings is 6. The molecule has 0 spiro atoms. The molecule has 6 aromatic carbocycles. The Kier molecular flexibility index (Phi) is 5.50. The summed E-state index contributed by atoms with van der Waals surface area (Å²) in [4.78, 5) is 28.0. The molecule has 0 saturated heterocycles. The molecule has 0 saturated carbocycles. The van der Waals surface area contributed by atoms with Crippen LogP contribution < -0.4 is 4.90 Å². The Bertz CT molecular complexity index is 2720. The van der Waals surface area contributed by atoms with Crippen LogP contribution in [0.15, 0.2) is 127 Å². The molecule has 1 aliphatic rings. The molecule has 0 radical (unpaired) electrons. The SMILES string of the molecule is N#Cc1ccc(-n2c3ccccc3c3c4c5ccccc5n(-c5cc(N6C(=O)c7ccccc7C6=O)ccc5C#N)c4ccc32)cc1. The first-order valence-electron chi connectivity index (χ1n) is 15.1. The van der Waals surface area contributed by atoms with E-state index in [9.17, 15) is 20.1 Å². The number of nitrogens with zero attached hydrogens (tertiary/aromatic N) is 5. The van der Waals surface area contributed by atoms with E-state index in [2.05, 4.69) is 51.6 Å². The second-order valence-electron chi connectivity index (χ2n) is 11.5. The van der Waals surface area contributed by atoms with E-state index < -0.39 is 0 Å². The number of hydrogen-bond donors (Lipinski definition) is 0. The number of imide groups is 1. The molecule has 7 heteroatoms. The third kappa shape index (κ3) is 3.60. The van der Waals surface area contributed by atoms with Gasteiger partial charge in [-0.05, 0) is 78.9 Å². The molecular formula is C40H21N5O2. The summed E-state index contributed by atoms with van der Waals surface area (Å²) in [6, 6.07) is 44.5. The molecular weight excluding hydrogens is 582 g/mol. The fourth-order valence-electron chi connectivity index (χ4n) is 7.10. The maximum Gasteiger partial charge on any atom is 0.266 e. The van der Waals surface area contributed by atoms with E-state index in [1.165, 1.54) is 4.90 Å². The van der Waals surface area contributed by atoms with Crippen molar-refractivity contribution in [1.29, 1.82) is 10.5 Å². The van der Waals surface area contributed by atoms with E-state index in [4.69, 9.17) is 0 Å². The van der Waals surface area contributed by atoms with Crippen LogP contribution in [0.4, 0.5) is 5.69 Å². The van der Waals surface area contributed by atoms with Crippen LogP contribution in [0.3, 0.4) is 0 Å². The van der Waals surface area contributed by atoms with E-state index >= 15 is 0 Å². The largest absolute Gasteiger partial charge is 0.309 e. The van der Waals surface area contributed by atoms with E-state index in [-0.39, 0.29) is 11.8 Å². The number of carbonyl (C=O) groups is 2. The van der Waals surface area contributed by atoms with Gasteiger partial charge in [0.1, 0.15) is 6.07 Å². The van der Waals surface area contributed by atoms with Crippen molar-refractivity contribution in [2.24, 2.45) is 0 Å². The minimum atomic E-state index is -0.388. The van der Waals surface area contributed by atoms with Crippen LogP contribution in [0.25, 0.3) is 55.0 Å². The number of amides is 2. The Morgan fingerprint density at radius 1 is 0.489 bits per heavy atom. The molecule has 47 heavy (non-hydrogen) atoms. The first kappa shape index (κ1) is 26.4. The summed E-state index contributed by atoms with van der Waals surface area (Å²) < 4.78 is 4.26. The maximum absolute atomic E-state index is 13.4. The standard InChI is InChI=1S/C40H21N5O2/c41-22-24-13-16-26(17-14-24)43-32-11-5-3-9-30(32)37-34(43)19-20-35-38(37)31-10-4-6-12-33(31)45(35)36-21-27(18-15-25(36)23-42)44-39(46)28-7-1-2-8-29(28)40(44)47/h1-21H. The van der Waals surface area contributed by atoms with Gasteiger partial charge < -0.3 is 9.13 Å². The highest BCUT2D eigenvalue weighted by Crippen LogP contribution is 2.43. The van der Waals surface area contributed by atoms with Crippen LogP contribution >= 0.6 is 0 Å². The predicted molar refractivity (Wildman–Crippen MR) is 182 cm³/mol. The number of hydrogen-bond acceptors (Lipinski definition) is 4. The fourth-order valence-corrected chi connectivity index (χ4v) is 7.10. The molecule has 0 fully saturated rings. The third-order valence-electron chi connectivity index (χ3n) is 9.12. The van der Waals surface area contributed by atoms with Crippen molar-refractivity contribution in [2.45, 2.75) is 0 Å². The summed E-state index contributed by atoms with van der Waals surface area (Å²) in [5.74, 6) is -0.776. The van der Waals surface area contributed by atoms with Gasteiger partial charge in [-0.25, -0.2) is 4.90 Å². The number of para-hydroxylation sites is 2. The third-order valence-corrected chi connectivity index (χ3v) is 9.12. The molecule has 218 valence electrons. The molecule has 8 aromatic rings. The molecule has 3 heterocycles. The van der Waals surface area contributed by atoms with Crippen LogP contribution in [-0.4, -0.2) is 20.9 Å². The number of fused-ring (bicyclic) bond motifs is 8. The van der Waals surface area contributed by atoms with Crippen LogP contribution in [-0.2, 0) is 0 Å². The lowest BCUT2D eigenvalue weighted by molar-refractivity contribution is 0.0926. The average Bonchev–Trinajstić information content (AvgIpc) is 3.73. The van der Waals surface area contributed by atoms with Gasteiger partial charge in [0, 0.05) is 27.2 Å². The van der Waals surface area contributed by atoms with E-state index in [1.54, 1.807) is 42.5 Å². The van der Waals surface area contributed by atoms with Crippen molar-refractivity contribution < 1.29 is 9.59 Å². The summed E-state index contributed by atoms with van der Waals surface area (Å²) in [5.41, 5.74) is 7.45. The molecule has 0 aliphatic carbocycles. The predicted octanol–water partition coefficient (Wildman–Crippen LogP) is 8.42. The lowest BCUT2D eigenvalue weighted by Gasteiger charge is -2.17. The highest BCUT2D eigenvalue weighted by Gasteiger charge is 2.36. The lowest BCUT2D eigenvalue weighted by Crippen LogP contribution is -2.29. The van der Waals surface area contributed by atoms with Crippen molar-refractivity contribution in [3.63, 3.8) is 0 Å². The van der Waals surface area contributed by atoms with Crippen molar-refractivity contribution in [2.75, 3.05) is 4.90 Å². The van der Waals surface area contributed by atoms with Gasteiger partial charge in [0.05, 0.1) is 61.8 Å². The number of carbonyl (C=O) groups excluding carboxylic acids is 2.